The minimum atomic E-state index is 0.384. The zero-order chi connectivity index (χ0) is 13.1. The van der Waals surface area contributed by atoms with Crippen molar-refractivity contribution < 1.29 is 4.74 Å². The molecule has 0 saturated carbocycles. The summed E-state index contributed by atoms with van der Waals surface area (Å²) in [5.74, 6) is 0. The van der Waals surface area contributed by atoms with Gasteiger partial charge in [0.1, 0.15) is 0 Å². The Morgan fingerprint density at radius 1 is 1.47 bits per heavy atom. The van der Waals surface area contributed by atoms with Crippen LogP contribution in [0.15, 0.2) is 30.5 Å². The van der Waals surface area contributed by atoms with Gasteiger partial charge in [0.2, 0.25) is 0 Å². The number of nitrogens with one attached hydrogen (secondary N) is 1. The number of hydrogen-bond acceptors (Lipinski definition) is 3. The quantitative estimate of drug-likeness (QED) is 0.894. The van der Waals surface area contributed by atoms with Crippen LogP contribution in [-0.4, -0.2) is 35.1 Å². The Morgan fingerprint density at radius 2 is 2.37 bits per heavy atom. The number of fused-ring (bicyclic) bond motifs is 1. The van der Waals surface area contributed by atoms with Gasteiger partial charge in [0.15, 0.2) is 0 Å². The fraction of sp³-hybridized carbons (Fsp3) is 0.533. The van der Waals surface area contributed by atoms with Crippen LogP contribution in [0.1, 0.15) is 19.8 Å². The molecular formula is C15H21N3O. The molecule has 1 fully saturated rings. The normalized spacial score (nSPS) is 21.0. The van der Waals surface area contributed by atoms with Crippen molar-refractivity contribution in [3.63, 3.8) is 0 Å². The Morgan fingerprint density at radius 3 is 3.21 bits per heavy atom. The standard InChI is InChI=1S/C15H21N3O/c1-12(15-7-4-10-19-15)16-8-9-18-14-6-3-2-5-13(14)11-17-18/h2-3,5-6,11-12,15-16H,4,7-10H2,1H3. The molecule has 2 unspecified atom stereocenters. The summed E-state index contributed by atoms with van der Waals surface area (Å²) in [7, 11) is 0. The van der Waals surface area contributed by atoms with E-state index in [1.165, 1.54) is 23.7 Å². The molecule has 2 aromatic rings. The highest BCUT2D eigenvalue weighted by Gasteiger charge is 2.21. The second-order valence-electron chi connectivity index (χ2n) is 5.22. The van der Waals surface area contributed by atoms with Crippen molar-refractivity contribution in [3.8, 4) is 0 Å². The summed E-state index contributed by atoms with van der Waals surface area (Å²) in [5.41, 5.74) is 1.20. The molecule has 102 valence electrons. The fourth-order valence-corrected chi connectivity index (χ4v) is 2.73. The lowest BCUT2D eigenvalue weighted by atomic mass is 10.1. The van der Waals surface area contributed by atoms with E-state index in [1.54, 1.807) is 0 Å². The molecule has 1 aromatic heterocycles. The van der Waals surface area contributed by atoms with Gasteiger partial charge in [0.25, 0.3) is 0 Å². The number of nitrogens with zero attached hydrogens (tertiary/aromatic N) is 2. The first-order valence-corrected chi connectivity index (χ1v) is 7.10. The van der Waals surface area contributed by atoms with Crippen LogP contribution in [0.5, 0.6) is 0 Å². The third kappa shape index (κ3) is 2.80. The summed E-state index contributed by atoms with van der Waals surface area (Å²) in [6.07, 6.45) is 4.69. The number of aromatic nitrogens is 2. The smallest absolute Gasteiger partial charge is 0.0726 e. The van der Waals surface area contributed by atoms with Crippen LogP contribution in [0.3, 0.4) is 0 Å². The first-order chi connectivity index (χ1) is 9.34. The van der Waals surface area contributed by atoms with Crippen molar-refractivity contribution in [1.82, 2.24) is 15.1 Å². The first-order valence-electron chi connectivity index (χ1n) is 7.10. The molecule has 3 rings (SSSR count). The summed E-state index contributed by atoms with van der Waals surface area (Å²) in [5, 5.41) is 9.18. The van der Waals surface area contributed by atoms with E-state index in [1.807, 2.05) is 12.3 Å². The van der Waals surface area contributed by atoms with E-state index >= 15 is 0 Å². The van der Waals surface area contributed by atoms with Crippen LogP contribution in [0.2, 0.25) is 0 Å². The van der Waals surface area contributed by atoms with Gasteiger partial charge in [0, 0.05) is 24.6 Å². The number of ether oxygens (including phenoxy) is 1. The van der Waals surface area contributed by atoms with Crippen molar-refractivity contribution in [2.45, 2.75) is 38.5 Å². The van der Waals surface area contributed by atoms with Gasteiger partial charge in [-0.2, -0.15) is 5.10 Å². The predicted molar refractivity (Wildman–Crippen MR) is 76.2 cm³/mol. The van der Waals surface area contributed by atoms with E-state index in [0.29, 0.717) is 12.1 Å². The molecule has 0 amide bonds. The lowest BCUT2D eigenvalue weighted by Crippen LogP contribution is -2.38. The first kappa shape index (κ1) is 12.6. The third-order valence-corrected chi connectivity index (χ3v) is 3.86. The zero-order valence-corrected chi connectivity index (χ0v) is 11.4. The Hall–Kier alpha value is -1.39. The maximum absolute atomic E-state index is 5.69. The summed E-state index contributed by atoms with van der Waals surface area (Å²) in [6.45, 7) is 4.94. The van der Waals surface area contributed by atoms with Crippen molar-refractivity contribution in [2.24, 2.45) is 0 Å². The van der Waals surface area contributed by atoms with Crippen molar-refractivity contribution >= 4 is 10.9 Å². The lowest BCUT2D eigenvalue weighted by Gasteiger charge is -2.20. The Labute approximate surface area is 113 Å². The van der Waals surface area contributed by atoms with Crippen molar-refractivity contribution in [3.05, 3.63) is 30.5 Å². The highest BCUT2D eigenvalue weighted by Crippen LogP contribution is 2.15. The van der Waals surface area contributed by atoms with Gasteiger partial charge < -0.3 is 10.1 Å². The second kappa shape index (κ2) is 5.72. The molecule has 0 spiro atoms. The highest BCUT2D eigenvalue weighted by atomic mass is 16.5. The molecule has 0 aliphatic carbocycles. The highest BCUT2D eigenvalue weighted by molar-refractivity contribution is 5.78. The van der Waals surface area contributed by atoms with Gasteiger partial charge in [-0.05, 0) is 25.8 Å². The Kier molecular flexibility index (Phi) is 3.80. The van der Waals surface area contributed by atoms with E-state index in [4.69, 9.17) is 4.74 Å². The molecule has 0 radical (unpaired) electrons. The second-order valence-corrected chi connectivity index (χ2v) is 5.22. The number of hydrogen-bond donors (Lipinski definition) is 1. The summed E-state index contributed by atoms with van der Waals surface area (Å²) >= 11 is 0. The van der Waals surface area contributed by atoms with Crippen LogP contribution in [0.4, 0.5) is 0 Å². The maximum atomic E-state index is 5.69. The molecular weight excluding hydrogens is 238 g/mol. The van der Waals surface area contributed by atoms with Crippen molar-refractivity contribution in [1.29, 1.82) is 0 Å². The van der Waals surface area contributed by atoms with Gasteiger partial charge in [-0.15, -0.1) is 0 Å². The average Bonchev–Trinajstić information content (AvgIpc) is 3.08. The number of rotatable bonds is 5. The molecule has 1 aromatic carbocycles. The van der Waals surface area contributed by atoms with E-state index in [-0.39, 0.29) is 0 Å². The van der Waals surface area contributed by atoms with Gasteiger partial charge in [-0.25, -0.2) is 0 Å². The third-order valence-electron chi connectivity index (χ3n) is 3.86. The summed E-state index contributed by atoms with van der Waals surface area (Å²) < 4.78 is 7.75. The largest absolute Gasteiger partial charge is 0.377 e. The number of para-hydroxylation sites is 1. The van der Waals surface area contributed by atoms with Crippen LogP contribution >= 0.6 is 0 Å². The molecule has 4 heteroatoms. The topological polar surface area (TPSA) is 39.1 Å². The van der Waals surface area contributed by atoms with Crippen LogP contribution in [0.25, 0.3) is 10.9 Å². The fourth-order valence-electron chi connectivity index (χ4n) is 2.73. The minimum absolute atomic E-state index is 0.384. The van der Waals surface area contributed by atoms with E-state index in [0.717, 1.165) is 19.7 Å². The maximum Gasteiger partial charge on any atom is 0.0726 e. The van der Waals surface area contributed by atoms with Gasteiger partial charge in [-0.1, -0.05) is 18.2 Å². The van der Waals surface area contributed by atoms with Gasteiger partial charge in [-0.3, -0.25) is 4.68 Å². The molecule has 2 atom stereocenters. The average molecular weight is 259 g/mol. The summed E-state index contributed by atoms with van der Waals surface area (Å²) in [6, 6.07) is 8.74. The van der Waals surface area contributed by atoms with Crippen molar-refractivity contribution in [2.75, 3.05) is 13.2 Å². The van der Waals surface area contributed by atoms with Crippen LogP contribution < -0.4 is 5.32 Å². The minimum Gasteiger partial charge on any atom is -0.377 e. The molecule has 1 saturated heterocycles. The molecule has 2 heterocycles. The lowest BCUT2D eigenvalue weighted by molar-refractivity contribution is 0.0834. The molecule has 1 aliphatic heterocycles. The van der Waals surface area contributed by atoms with Crippen LogP contribution in [-0.2, 0) is 11.3 Å². The zero-order valence-electron chi connectivity index (χ0n) is 11.4. The molecule has 1 N–H and O–H groups in total. The van der Waals surface area contributed by atoms with Gasteiger partial charge in [0.05, 0.1) is 24.4 Å². The van der Waals surface area contributed by atoms with Gasteiger partial charge >= 0.3 is 0 Å². The SMILES string of the molecule is CC(NCCn1ncc2ccccc21)C1CCCO1. The molecule has 1 aliphatic rings. The Bertz CT molecular complexity index is 531. The van der Waals surface area contributed by atoms with E-state index < -0.39 is 0 Å². The van der Waals surface area contributed by atoms with E-state index in [9.17, 15) is 0 Å². The summed E-state index contributed by atoms with van der Waals surface area (Å²) in [4.78, 5) is 0. The Balaban J connectivity index is 1.54. The van der Waals surface area contributed by atoms with E-state index in [2.05, 4.69) is 40.2 Å². The number of benzene rings is 1. The molecule has 0 bridgehead atoms. The van der Waals surface area contributed by atoms with Crippen LogP contribution in [0, 0.1) is 0 Å². The molecule has 4 nitrogen and oxygen atoms in total. The molecule has 19 heavy (non-hydrogen) atoms. The monoisotopic (exact) mass is 259 g/mol. The predicted octanol–water partition coefficient (Wildman–Crippen LogP) is 2.19.